The molecular weight excluding hydrogens is 530 g/mol. The van der Waals surface area contributed by atoms with Crippen molar-refractivity contribution in [3.8, 4) is 23.0 Å². The highest BCUT2D eigenvalue weighted by atomic mass is 16.6. The molecule has 0 saturated heterocycles. The first-order valence-electron chi connectivity index (χ1n) is 13.5. The lowest BCUT2D eigenvalue weighted by atomic mass is 9.92. The molecule has 7 heteroatoms. The molecule has 0 aromatic heterocycles. The van der Waals surface area contributed by atoms with Gasteiger partial charge in [-0.3, -0.25) is 4.79 Å². The summed E-state index contributed by atoms with van der Waals surface area (Å²) in [6.07, 6.45) is 0.176. The number of methoxy groups -OCH3 is 2. The minimum absolute atomic E-state index is 0.176. The predicted octanol–water partition coefficient (Wildman–Crippen LogP) is 6.29. The number of para-hydroxylation sites is 1. The highest BCUT2D eigenvalue weighted by Crippen LogP contribution is 2.39. The molecule has 0 bridgehead atoms. The molecule has 5 aromatic rings. The summed E-state index contributed by atoms with van der Waals surface area (Å²) in [5.41, 5.74) is 2.24. The second kappa shape index (κ2) is 13.4. The molecule has 0 fully saturated rings. The van der Waals surface area contributed by atoms with E-state index < -0.39 is 12.0 Å². The molecular formula is C35H31NO6. The Morgan fingerprint density at radius 2 is 1.38 bits per heavy atom. The van der Waals surface area contributed by atoms with Crippen LogP contribution < -0.4 is 24.3 Å². The van der Waals surface area contributed by atoms with Gasteiger partial charge in [-0.2, -0.15) is 0 Å². The van der Waals surface area contributed by atoms with E-state index in [1.54, 1.807) is 38.5 Å². The smallest absolute Gasteiger partial charge is 0.349 e. The summed E-state index contributed by atoms with van der Waals surface area (Å²) in [7, 11) is 3.12. The van der Waals surface area contributed by atoms with Crippen molar-refractivity contribution in [2.45, 2.75) is 12.5 Å². The second-order valence-corrected chi connectivity index (χ2v) is 9.55. The van der Waals surface area contributed by atoms with Gasteiger partial charge in [0.25, 0.3) is 0 Å². The first-order valence-corrected chi connectivity index (χ1v) is 13.5. The summed E-state index contributed by atoms with van der Waals surface area (Å²) in [5, 5.41) is 4.94. The molecule has 42 heavy (non-hydrogen) atoms. The Hall–Kier alpha value is -5.30. The van der Waals surface area contributed by atoms with Crippen LogP contribution in [0.4, 0.5) is 0 Å². The van der Waals surface area contributed by atoms with Gasteiger partial charge in [0.2, 0.25) is 5.91 Å². The first kappa shape index (κ1) is 28.2. The number of amides is 1. The van der Waals surface area contributed by atoms with E-state index in [1.165, 1.54) is 0 Å². The van der Waals surface area contributed by atoms with Gasteiger partial charge in [0.15, 0.2) is 18.1 Å². The number of carbonyl (C=O) groups is 2. The number of hydrogen-bond donors (Lipinski definition) is 1. The molecule has 5 aromatic carbocycles. The van der Waals surface area contributed by atoms with Crippen molar-refractivity contribution in [1.82, 2.24) is 5.32 Å². The zero-order valence-corrected chi connectivity index (χ0v) is 23.4. The third-order valence-corrected chi connectivity index (χ3v) is 6.80. The molecule has 0 heterocycles. The van der Waals surface area contributed by atoms with Crippen molar-refractivity contribution in [3.63, 3.8) is 0 Å². The van der Waals surface area contributed by atoms with Crippen LogP contribution in [0.15, 0.2) is 115 Å². The van der Waals surface area contributed by atoms with E-state index in [2.05, 4.69) is 5.32 Å². The molecule has 0 radical (unpaired) electrons. The number of ether oxygens (including phenoxy) is 4. The van der Waals surface area contributed by atoms with Gasteiger partial charge < -0.3 is 24.3 Å². The Labute approximate surface area is 244 Å². The fourth-order valence-electron chi connectivity index (χ4n) is 4.82. The van der Waals surface area contributed by atoms with E-state index in [9.17, 15) is 9.59 Å². The van der Waals surface area contributed by atoms with Crippen molar-refractivity contribution in [3.05, 3.63) is 132 Å². The molecule has 1 atom stereocenters. The lowest BCUT2D eigenvalue weighted by molar-refractivity contribution is -0.136. The van der Waals surface area contributed by atoms with Gasteiger partial charge in [0.1, 0.15) is 11.5 Å². The highest BCUT2D eigenvalue weighted by Gasteiger charge is 2.26. The fraction of sp³-hybridized carbons (Fsp3) is 0.143. The summed E-state index contributed by atoms with van der Waals surface area (Å²) < 4.78 is 22.6. The number of esters is 1. The van der Waals surface area contributed by atoms with Gasteiger partial charge in [0.05, 0.1) is 26.7 Å². The average molecular weight is 562 g/mol. The summed E-state index contributed by atoms with van der Waals surface area (Å²) in [6, 6.07) is 34.7. The van der Waals surface area contributed by atoms with E-state index in [0.29, 0.717) is 28.6 Å². The molecule has 0 aliphatic rings. The molecule has 0 aliphatic heterocycles. The normalized spacial score (nSPS) is 11.4. The van der Waals surface area contributed by atoms with Gasteiger partial charge in [-0.25, -0.2) is 4.79 Å². The Morgan fingerprint density at radius 3 is 2.12 bits per heavy atom. The van der Waals surface area contributed by atoms with Crippen molar-refractivity contribution < 1.29 is 28.5 Å². The van der Waals surface area contributed by atoms with Gasteiger partial charge in [-0.05, 0) is 52.2 Å². The van der Waals surface area contributed by atoms with Gasteiger partial charge in [0, 0.05) is 5.56 Å². The van der Waals surface area contributed by atoms with Crippen LogP contribution in [0, 0.1) is 0 Å². The first-order chi connectivity index (χ1) is 20.6. The van der Waals surface area contributed by atoms with Crippen LogP contribution in [0.1, 0.15) is 22.7 Å². The number of carbonyl (C=O) groups excluding carboxylic acids is 2. The number of nitrogens with one attached hydrogen (secondary N) is 1. The standard InChI is InChI=1S/C35H31NO6/c1-39-29-19-18-26(22-31(29)40-2)35(36-32(37)21-24-11-5-3-6-12-24)34-28-16-10-9-13-25(28)17-20-30(34)42-33(38)23-41-27-14-7-4-8-15-27/h3-20,22,35H,21,23H2,1-2H3,(H,36,37). The number of rotatable bonds is 11. The van der Waals surface area contributed by atoms with E-state index in [-0.39, 0.29) is 18.9 Å². The summed E-state index contributed by atoms with van der Waals surface area (Å²) >= 11 is 0. The molecule has 0 saturated carbocycles. The maximum Gasteiger partial charge on any atom is 0.349 e. The zero-order valence-electron chi connectivity index (χ0n) is 23.4. The van der Waals surface area contributed by atoms with Crippen molar-refractivity contribution >= 4 is 22.6 Å². The maximum atomic E-state index is 13.5. The molecule has 1 amide bonds. The van der Waals surface area contributed by atoms with E-state index >= 15 is 0 Å². The van der Waals surface area contributed by atoms with Crippen LogP contribution in [0.5, 0.6) is 23.0 Å². The molecule has 7 nitrogen and oxygen atoms in total. The van der Waals surface area contributed by atoms with E-state index in [0.717, 1.165) is 21.9 Å². The van der Waals surface area contributed by atoms with Gasteiger partial charge in [-0.15, -0.1) is 0 Å². The lowest BCUT2D eigenvalue weighted by Crippen LogP contribution is -2.31. The fourth-order valence-corrected chi connectivity index (χ4v) is 4.82. The van der Waals surface area contributed by atoms with Gasteiger partial charge >= 0.3 is 5.97 Å². The maximum absolute atomic E-state index is 13.5. The highest BCUT2D eigenvalue weighted by molar-refractivity contribution is 5.91. The molecule has 212 valence electrons. The number of hydrogen-bond acceptors (Lipinski definition) is 6. The largest absolute Gasteiger partial charge is 0.493 e. The minimum Gasteiger partial charge on any atom is -0.493 e. The average Bonchev–Trinajstić information content (AvgIpc) is 3.03. The quantitative estimate of drug-likeness (QED) is 0.151. The topological polar surface area (TPSA) is 83.1 Å². The Morgan fingerprint density at radius 1 is 0.714 bits per heavy atom. The van der Waals surface area contributed by atoms with Gasteiger partial charge in [-0.1, -0.05) is 84.9 Å². The SMILES string of the molecule is COc1ccc(C(NC(=O)Cc2ccccc2)c2c(OC(=O)COc3ccccc3)ccc3ccccc23)cc1OC. The number of benzene rings is 5. The Kier molecular flexibility index (Phi) is 8.99. The lowest BCUT2D eigenvalue weighted by Gasteiger charge is -2.25. The third-order valence-electron chi connectivity index (χ3n) is 6.80. The van der Waals surface area contributed by atoms with Crippen molar-refractivity contribution in [2.75, 3.05) is 20.8 Å². The van der Waals surface area contributed by atoms with Crippen LogP contribution in [0.3, 0.4) is 0 Å². The molecule has 1 unspecified atom stereocenters. The van der Waals surface area contributed by atoms with E-state index in [4.69, 9.17) is 18.9 Å². The second-order valence-electron chi connectivity index (χ2n) is 9.55. The van der Waals surface area contributed by atoms with Crippen LogP contribution in [0.25, 0.3) is 10.8 Å². The summed E-state index contributed by atoms with van der Waals surface area (Å²) in [6.45, 7) is -0.280. The monoisotopic (exact) mass is 561 g/mol. The van der Waals surface area contributed by atoms with Crippen LogP contribution in [-0.4, -0.2) is 32.7 Å². The molecule has 0 aliphatic carbocycles. The summed E-state index contributed by atoms with van der Waals surface area (Å²) in [5.74, 6) is 1.17. The van der Waals surface area contributed by atoms with Crippen molar-refractivity contribution in [2.24, 2.45) is 0 Å². The molecule has 5 rings (SSSR count). The Balaban J connectivity index is 1.56. The van der Waals surface area contributed by atoms with Crippen molar-refractivity contribution in [1.29, 1.82) is 0 Å². The molecule has 1 N–H and O–H groups in total. The molecule has 0 spiro atoms. The third kappa shape index (κ3) is 6.70. The van der Waals surface area contributed by atoms with Crippen LogP contribution in [-0.2, 0) is 16.0 Å². The summed E-state index contributed by atoms with van der Waals surface area (Å²) in [4.78, 5) is 26.5. The minimum atomic E-state index is -0.690. The number of fused-ring (bicyclic) bond motifs is 1. The zero-order chi connectivity index (χ0) is 29.3. The van der Waals surface area contributed by atoms with E-state index in [1.807, 2.05) is 91.0 Å². The van der Waals surface area contributed by atoms with Crippen LogP contribution >= 0.6 is 0 Å². The van der Waals surface area contributed by atoms with Crippen LogP contribution in [0.2, 0.25) is 0 Å². The Bertz CT molecular complexity index is 1670. The predicted molar refractivity (Wildman–Crippen MR) is 161 cm³/mol.